The van der Waals surface area contributed by atoms with Crippen LogP contribution in [0.25, 0.3) is 0 Å². The third kappa shape index (κ3) is 5.97. The topological polar surface area (TPSA) is 152 Å². The number of sulfone groups is 1. The van der Waals surface area contributed by atoms with Gasteiger partial charge in [0, 0.05) is 5.56 Å². The molecule has 0 radical (unpaired) electrons. The Balaban J connectivity index is 1.78. The molecule has 3 aromatic rings. The molecule has 0 fully saturated rings. The Kier molecular flexibility index (Phi) is 7.64. The number of aromatic nitrogens is 1. The maximum atomic E-state index is 13.2. The lowest BCUT2D eigenvalue weighted by Crippen LogP contribution is -2.21. The second-order valence-corrected chi connectivity index (χ2v) is 10.5. The standard InChI is InChI=1S/C22H21N3O7S2/c1-13-7-8-16(15(11-13)20(28)14-5-3-4-6-17(14)32-2)24-21(29)25-22-23-12-19(33-22)34(30,31)10-9-18(26)27/h3-8,11-12H,9-10H2,1-2H3,(H,26,27)(H2,23,24,25,29). The molecule has 0 saturated heterocycles. The number of carboxylic acids is 1. The summed E-state index contributed by atoms with van der Waals surface area (Å²) >= 11 is 0.698. The number of para-hydroxylation sites is 1. The molecule has 1 heterocycles. The van der Waals surface area contributed by atoms with Gasteiger partial charge in [0.05, 0.1) is 36.7 Å². The molecule has 0 unspecified atom stereocenters. The molecule has 0 atom stereocenters. The van der Waals surface area contributed by atoms with E-state index >= 15 is 0 Å². The van der Waals surface area contributed by atoms with E-state index in [1.807, 2.05) is 6.92 Å². The summed E-state index contributed by atoms with van der Waals surface area (Å²) < 4.78 is 29.5. The monoisotopic (exact) mass is 503 g/mol. The first kappa shape index (κ1) is 24.9. The number of hydrogen-bond acceptors (Lipinski definition) is 8. The number of carboxylic acid groups (broad SMARTS) is 1. The minimum absolute atomic E-state index is 0.00360. The van der Waals surface area contributed by atoms with Crippen molar-refractivity contribution >= 4 is 49.8 Å². The molecule has 3 rings (SSSR count). The molecule has 0 bridgehead atoms. The van der Waals surface area contributed by atoms with Crippen LogP contribution in [0.2, 0.25) is 0 Å². The van der Waals surface area contributed by atoms with Gasteiger partial charge in [-0.25, -0.2) is 18.2 Å². The van der Waals surface area contributed by atoms with E-state index in [0.717, 1.165) is 11.8 Å². The van der Waals surface area contributed by atoms with Gasteiger partial charge in [0.25, 0.3) is 0 Å². The summed E-state index contributed by atoms with van der Waals surface area (Å²) in [6.07, 6.45) is 0.514. The molecule has 0 spiro atoms. The molecule has 10 nitrogen and oxygen atoms in total. The number of thiazole rings is 1. The molecule has 3 N–H and O–H groups in total. The smallest absolute Gasteiger partial charge is 0.325 e. The lowest BCUT2D eigenvalue weighted by atomic mass is 9.99. The Labute approximate surface area is 199 Å². The number of aliphatic carboxylic acids is 1. The second-order valence-electron chi connectivity index (χ2n) is 7.10. The van der Waals surface area contributed by atoms with E-state index in [0.29, 0.717) is 22.6 Å². The number of aryl methyl sites for hydroxylation is 1. The number of benzene rings is 2. The van der Waals surface area contributed by atoms with E-state index in [2.05, 4.69) is 15.6 Å². The quantitative estimate of drug-likeness (QED) is 0.375. The fraction of sp³-hybridized carbons (Fsp3) is 0.182. The fourth-order valence-corrected chi connectivity index (χ4v) is 5.36. The highest BCUT2D eigenvalue weighted by Crippen LogP contribution is 2.27. The fourth-order valence-electron chi connectivity index (χ4n) is 2.97. The Hall–Kier alpha value is -3.77. The SMILES string of the molecule is COc1ccccc1C(=O)c1cc(C)ccc1NC(=O)Nc1ncc(S(=O)(=O)CCC(=O)O)s1. The molecule has 12 heteroatoms. The second kappa shape index (κ2) is 10.4. The van der Waals surface area contributed by atoms with Gasteiger partial charge >= 0.3 is 12.0 Å². The summed E-state index contributed by atoms with van der Waals surface area (Å²) in [6, 6.07) is 10.9. The Morgan fingerprint density at radius 3 is 2.53 bits per heavy atom. The maximum Gasteiger partial charge on any atom is 0.325 e. The van der Waals surface area contributed by atoms with Crippen molar-refractivity contribution in [2.24, 2.45) is 0 Å². The minimum Gasteiger partial charge on any atom is -0.496 e. The Bertz CT molecular complexity index is 1350. The number of methoxy groups -OCH3 is 1. The lowest BCUT2D eigenvalue weighted by Gasteiger charge is -2.13. The largest absolute Gasteiger partial charge is 0.496 e. The first-order chi connectivity index (χ1) is 16.1. The molecule has 2 aromatic carbocycles. The van der Waals surface area contributed by atoms with Crippen molar-refractivity contribution in [1.82, 2.24) is 4.98 Å². The molecular weight excluding hydrogens is 482 g/mol. The number of carbonyl (C=O) groups is 3. The van der Waals surface area contributed by atoms with Crippen LogP contribution >= 0.6 is 11.3 Å². The molecule has 0 aliphatic carbocycles. The van der Waals surface area contributed by atoms with Gasteiger partial charge in [-0.15, -0.1) is 0 Å². The molecule has 0 aliphatic rings. The highest BCUT2D eigenvalue weighted by atomic mass is 32.2. The van der Waals surface area contributed by atoms with Gasteiger partial charge in [-0.05, 0) is 31.2 Å². The summed E-state index contributed by atoms with van der Waals surface area (Å²) in [6.45, 7) is 1.81. The lowest BCUT2D eigenvalue weighted by molar-refractivity contribution is -0.136. The van der Waals surface area contributed by atoms with Gasteiger partial charge in [-0.2, -0.15) is 0 Å². The maximum absolute atomic E-state index is 13.2. The summed E-state index contributed by atoms with van der Waals surface area (Å²) in [5.41, 5.74) is 1.62. The van der Waals surface area contributed by atoms with Gasteiger partial charge in [0.15, 0.2) is 20.8 Å². The number of ketones is 1. The molecular formula is C22H21N3O7S2. The number of ether oxygens (including phenoxy) is 1. The number of nitrogens with zero attached hydrogens (tertiary/aromatic N) is 1. The van der Waals surface area contributed by atoms with Crippen molar-refractivity contribution in [3.63, 3.8) is 0 Å². The van der Waals surface area contributed by atoms with Crippen molar-refractivity contribution in [2.75, 3.05) is 23.5 Å². The van der Waals surface area contributed by atoms with Crippen LogP contribution in [0.1, 0.15) is 27.9 Å². The van der Waals surface area contributed by atoms with Crippen LogP contribution in [-0.4, -0.2) is 49.2 Å². The third-order valence-electron chi connectivity index (χ3n) is 4.62. The zero-order chi connectivity index (χ0) is 24.9. The van der Waals surface area contributed by atoms with Crippen LogP contribution < -0.4 is 15.4 Å². The first-order valence-corrected chi connectivity index (χ1v) is 12.3. The van der Waals surface area contributed by atoms with Gasteiger partial charge in [0.2, 0.25) is 0 Å². The summed E-state index contributed by atoms with van der Waals surface area (Å²) in [5, 5.41) is 13.7. The van der Waals surface area contributed by atoms with Crippen molar-refractivity contribution < 1.29 is 32.6 Å². The summed E-state index contributed by atoms with van der Waals surface area (Å²) in [5.74, 6) is -1.77. The number of nitrogens with one attached hydrogen (secondary N) is 2. The average molecular weight is 504 g/mol. The van der Waals surface area contributed by atoms with Crippen LogP contribution in [0.4, 0.5) is 15.6 Å². The van der Waals surface area contributed by atoms with Crippen molar-refractivity contribution in [1.29, 1.82) is 0 Å². The van der Waals surface area contributed by atoms with Gasteiger partial charge in [0.1, 0.15) is 9.96 Å². The van der Waals surface area contributed by atoms with E-state index < -0.39 is 34.0 Å². The average Bonchev–Trinajstić information content (AvgIpc) is 3.27. The van der Waals surface area contributed by atoms with Crippen LogP contribution in [0, 0.1) is 6.92 Å². The Morgan fingerprint density at radius 1 is 1.09 bits per heavy atom. The van der Waals surface area contributed by atoms with Gasteiger partial charge < -0.3 is 15.2 Å². The highest BCUT2D eigenvalue weighted by molar-refractivity contribution is 7.93. The highest BCUT2D eigenvalue weighted by Gasteiger charge is 2.22. The molecule has 34 heavy (non-hydrogen) atoms. The summed E-state index contributed by atoms with van der Waals surface area (Å²) in [7, 11) is -2.38. The Morgan fingerprint density at radius 2 is 1.82 bits per heavy atom. The number of anilines is 2. The molecule has 0 aliphatic heterocycles. The predicted molar refractivity (Wildman–Crippen MR) is 127 cm³/mol. The van der Waals surface area contributed by atoms with Crippen LogP contribution in [0.15, 0.2) is 52.9 Å². The molecule has 2 amide bonds. The zero-order valence-electron chi connectivity index (χ0n) is 18.2. The van der Waals surface area contributed by atoms with Gasteiger partial charge in [-0.3, -0.25) is 14.9 Å². The van der Waals surface area contributed by atoms with Crippen molar-refractivity contribution in [2.45, 2.75) is 17.6 Å². The van der Waals surface area contributed by atoms with Crippen molar-refractivity contribution in [3.8, 4) is 5.75 Å². The zero-order valence-corrected chi connectivity index (χ0v) is 19.8. The minimum atomic E-state index is -3.84. The van der Waals surface area contributed by atoms with E-state index in [1.54, 1.807) is 42.5 Å². The van der Waals surface area contributed by atoms with Crippen molar-refractivity contribution in [3.05, 3.63) is 65.4 Å². The number of rotatable bonds is 9. The number of urea groups is 1. The van der Waals surface area contributed by atoms with E-state index in [4.69, 9.17) is 9.84 Å². The molecule has 0 saturated carbocycles. The van der Waals surface area contributed by atoms with E-state index in [-0.39, 0.29) is 26.4 Å². The number of amides is 2. The first-order valence-electron chi connectivity index (χ1n) is 9.87. The van der Waals surface area contributed by atoms with Crippen LogP contribution in [0.3, 0.4) is 0 Å². The number of hydrogen-bond donors (Lipinski definition) is 3. The summed E-state index contributed by atoms with van der Waals surface area (Å²) in [4.78, 5) is 40.3. The van der Waals surface area contributed by atoms with Gasteiger partial charge in [-0.1, -0.05) is 35.1 Å². The van der Waals surface area contributed by atoms with Crippen LogP contribution in [0.5, 0.6) is 5.75 Å². The molecule has 178 valence electrons. The van der Waals surface area contributed by atoms with Crippen LogP contribution in [-0.2, 0) is 14.6 Å². The molecule has 1 aromatic heterocycles. The van der Waals surface area contributed by atoms with E-state index in [9.17, 15) is 22.8 Å². The van der Waals surface area contributed by atoms with E-state index in [1.165, 1.54) is 7.11 Å². The third-order valence-corrected chi connectivity index (χ3v) is 7.79. The normalized spacial score (nSPS) is 11.0. The predicted octanol–water partition coefficient (Wildman–Crippen LogP) is 3.58. The number of carbonyl (C=O) groups excluding carboxylic acids is 2.